The number of rotatable bonds is 1. The number of H-pyrrole nitrogens is 1. The predicted octanol–water partition coefficient (Wildman–Crippen LogP) is 4.58. The Morgan fingerprint density at radius 3 is 2.81 bits per heavy atom. The van der Waals surface area contributed by atoms with Crippen LogP contribution in [0.2, 0.25) is 5.02 Å². The summed E-state index contributed by atoms with van der Waals surface area (Å²) in [6.07, 6.45) is 0.577. The second-order valence-corrected chi connectivity index (χ2v) is 7.69. The lowest BCUT2D eigenvalue weighted by Crippen LogP contribution is -2.42. The normalized spacial score (nSPS) is 21.7. The third kappa shape index (κ3) is 2.26. The number of hydrogen-bond donors (Lipinski definition) is 1. The van der Waals surface area contributed by atoms with Crippen LogP contribution in [0.25, 0.3) is 10.9 Å². The number of carbonyl (C=O) groups is 1. The molecule has 3 aromatic rings. The quantitative estimate of drug-likeness (QED) is 0.609. The van der Waals surface area contributed by atoms with Gasteiger partial charge in [0.05, 0.1) is 16.8 Å². The average Bonchev–Trinajstić information content (AvgIpc) is 3.14. The molecule has 1 amide bonds. The number of benzene rings is 2. The second-order valence-electron chi connectivity index (χ2n) is 6.92. The number of para-hydroxylation sites is 1. The van der Waals surface area contributed by atoms with Crippen LogP contribution < -0.4 is 4.90 Å². The van der Waals surface area contributed by atoms with E-state index in [-0.39, 0.29) is 23.0 Å². The van der Waals surface area contributed by atoms with Gasteiger partial charge in [-0.2, -0.15) is 0 Å². The minimum Gasteiger partial charge on any atom is -0.356 e. The Hall–Kier alpha value is -2.44. The van der Waals surface area contributed by atoms with E-state index in [0.717, 1.165) is 22.2 Å². The smallest absolute Gasteiger partial charge is 0.256 e. The molecule has 1 aromatic heterocycles. The van der Waals surface area contributed by atoms with Crippen molar-refractivity contribution in [2.45, 2.75) is 25.4 Å². The van der Waals surface area contributed by atoms with Crippen LogP contribution in [0.5, 0.6) is 0 Å². The molecule has 0 aliphatic carbocycles. The summed E-state index contributed by atoms with van der Waals surface area (Å²) >= 11 is 11.6. The highest BCUT2D eigenvalue weighted by Gasteiger charge is 2.49. The molecule has 5 rings (SSSR count). The summed E-state index contributed by atoms with van der Waals surface area (Å²) in [5, 5.41) is 1.53. The van der Waals surface area contributed by atoms with E-state index in [1.165, 1.54) is 23.1 Å². The van der Waals surface area contributed by atoms with Gasteiger partial charge >= 0.3 is 0 Å². The molecule has 0 unspecified atom stereocenters. The average molecular weight is 400 g/mol. The van der Waals surface area contributed by atoms with E-state index in [2.05, 4.69) is 11.1 Å². The number of carbonyl (C=O) groups excluding carboxylic acids is 1. The van der Waals surface area contributed by atoms with Crippen LogP contribution in [-0.2, 0) is 11.2 Å². The number of aromatic amines is 1. The number of hydrogen-bond acceptors (Lipinski definition) is 2. The Morgan fingerprint density at radius 1 is 1.26 bits per heavy atom. The van der Waals surface area contributed by atoms with Crippen molar-refractivity contribution in [3.63, 3.8) is 0 Å². The van der Waals surface area contributed by atoms with Crippen LogP contribution in [0.15, 0.2) is 42.5 Å². The molecule has 2 aliphatic rings. The highest BCUT2D eigenvalue weighted by atomic mass is 35.5. The van der Waals surface area contributed by atoms with Crippen molar-refractivity contribution in [1.29, 1.82) is 0 Å². The Balaban J connectivity index is 1.60. The second kappa shape index (κ2) is 5.78. The van der Waals surface area contributed by atoms with Crippen LogP contribution in [0, 0.1) is 5.82 Å². The first kappa shape index (κ1) is 16.7. The SMILES string of the molecule is C[C@@H]1c2[nH]c3ccccc3c2C[C@H]2C(=O)N(c3ccc(F)c(Cl)c3)C(=S)N12. The number of aromatic nitrogens is 1. The van der Waals surface area contributed by atoms with Gasteiger partial charge in [0.25, 0.3) is 5.91 Å². The molecule has 0 saturated carbocycles. The molecular weight excluding hydrogens is 385 g/mol. The molecule has 1 fully saturated rings. The van der Waals surface area contributed by atoms with Gasteiger partial charge in [-0.15, -0.1) is 0 Å². The molecule has 2 aromatic carbocycles. The lowest BCUT2D eigenvalue weighted by Gasteiger charge is -2.34. The Kier molecular flexibility index (Phi) is 3.58. The third-order valence-electron chi connectivity index (χ3n) is 5.49. The van der Waals surface area contributed by atoms with Gasteiger partial charge < -0.3 is 9.88 Å². The number of nitrogens with zero attached hydrogens (tertiary/aromatic N) is 2. The number of thiocarbonyl (C=S) groups is 1. The van der Waals surface area contributed by atoms with Crippen molar-refractivity contribution < 1.29 is 9.18 Å². The molecule has 1 N–H and O–H groups in total. The zero-order valence-electron chi connectivity index (χ0n) is 14.4. The lowest BCUT2D eigenvalue weighted by atomic mass is 9.93. The summed E-state index contributed by atoms with van der Waals surface area (Å²) in [6.45, 7) is 2.04. The number of nitrogens with one attached hydrogen (secondary N) is 1. The van der Waals surface area contributed by atoms with Gasteiger partial charge in [-0.25, -0.2) is 4.39 Å². The van der Waals surface area contributed by atoms with Crippen LogP contribution in [0.3, 0.4) is 0 Å². The number of fused-ring (bicyclic) bond motifs is 4. The highest BCUT2D eigenvalue weighted by Crippen LogP contribution is 2.42. The minimum atomic E-state index is -0.523. The maximum absolute atomic E-state index is 13.5. The van der Waals surface area contributed by atoms with E-state index in [1.54, 1.807) is 0 Å². The summed E-state index contributed by atoms with van der Waals surface area (Å²) in [5.41, 5.74) is 3.80. The third-order valence-corrected chi connectivity index (χ3v) is 6.18. The van der Waals surface area contributed by atoms with E-state index in [9.17, 15) is 9.18 Å². The molecule has 1 saturated heterocycles. The summed E-state index contributed by atoms with van der Waals surface area (Å²) in [7, 11) is 0. The van der Waals surface area contributed by atoms with Crippen molar-refractivity contribution in [3.05, 3.63) is 64.6 Å². The van der Waals surface area contributed by atoms with Gasteiger partial charge in [0.1, 0.15) is 11.9 Å². The van der Waals surface area contributed by atoms with Crippen LogP contribution in [0.1, 0.15) is 24.2 Å². The Bertz CT molecular complexity index is 1130. The van der Waals surface area contributed by atoms with Gasteiger partial charge in [0.2, 0.25) is 0 Å². The molecule has 7 heteroatoms. The van der Waals surface area contributed by atoms with E-state index >= 15 is 0 Å². The van der Waals surface area contributed by atoms with Crippen LogP contribution in [-0.4, -0.2) is 26.9 Å². The molecule has 0 radical (unpaired) electrons. The summed E-state index contributed by atoms with van der Waals surface area (Å²) in [6, 6.07) is 11.9. The van der Waals surface area contributed by atoms with Crippen molar-refractivity contribution in [1.82, 2.24) is 9.88 Å². The zero-order chi connectivity index (χ0) is 18.9. The molecule has 3 heterocycles. The van der Waals surface area contributed by atoms with Gasteiger partial charge in [-0.1, -0.05) is 29.8 Å². The predicted molar refractivity (Wildman–Crippen MR) is 108 cm³/mol. The van der Waals surface area contributed by atoms with Gasteiger partial charge in [0.15, 0.2) is 5.11 Å². The highest BCUT2D eigenvalue weighted by molar-refractivity contribution is 7.80. The molecule has 4 nitrogen and oxygen atoms in total. The first-order chi connectivity index (χ1) is 13.0. The molecular formula is C20H15ClFN3OS. The molecule has 0 spiro atoms. The standard InChI is InChI=1S/C20H15ClFN3OS/c1-10-18-13(12-4-2-3-5-16(12)23-18)9-17-19(26)25(20(27)24(10)17)11-6-7-15(22)14(21)8-11/h2-8,10,17,23H,9H2,1H3/t10-,17+/m1/s1. The first-order valence-electron chi connectivity index (χ1n) is 8.68. The topological polar surface area (TPSA) is 39.3 Å². The maximum atomic E-state index is 13.5. The Morgan fingerprint density at radius 2 is 2.04 bits per heavy atom. The van der Waals surface area contributed by atoms with Crippen molar-refractivity contribution in [2.75, 3.05) is 4.90 Å². The number of amides is 1. The summed E-state index contributed by atoms with van der Waals surface area (Å²) in [5.74, 6) is -0.629. The van der Waals surface area contributed by atoms with Crippen LogP contribution in [0.4, 0.5) is 10.1 Å². The van der Waals surface area contributed by atoms with Crippen molar-refractivity contribution in [3.8, 4) is 0 Å². The van der Waals surface area contributed by atoms with Gasteiger partial charge in [-0.3, -0.25) is 9.69 Å². The summed E-state index contributed by atoms with van der Waals surface area (Å²) in [4.78, 5) is 20.1. The fourth-order valence-corrected chi connectivity index (χ4v) is 4.88. The minimum absolute atomic E-state index is 0.0303. The van der Waals surface area contributed by atoms with Crippen LogP contribution >= 0.6 is 23.8 Å². The van der Waals surface area contributed by atoms with E-state index in [0.29, 0.717) is 17.2 Å². The molecule has 2 aliphatic heterocycles. The summed E-state index contributed by atoms with van der Waals surface area (Å²) < 4.78 is 13.5. The lowest BCUT2D eigenvalue weighted by molar-refractivity contribution is -0.120. The molecule has 2 atom stereocenters. The fraction of sp³-hybridized carbons (Fsp3) is 0.200. The fourth-order valence-electron chi connectivity index (χ4n) is 4.22. The largest absolute Gasteiger partial charge is 0.356 e. The van der Waals surface area contributed by atoms with E-state index in [1.807, 2.05) is 30.0 Å². The van der Waals surface area contributed by atoms with Crippen molar-refractivity contribution in [2.24, 2.45) is 0 Å². The Labute approximate surface area is 165 Å². The first-order valence-corrected chi connectivity index (χ1v) is 9.47. The van der Waals surface area contributed by atoms with Gasteiger partial charge in [-0.05, 0) is 49.0 Å². The molecule has 136 valence electrons. The number of anilines is 1. The molecule has 0 bridgehead atoms. The van der Waals surface area contributed by atoms with Gasteiger partial charge in [0, 0.05) is 23.0 Å². The zero-order valence-corrected chi connectivity index (χ0v) is 15.9. The van der Waals surface area contributed by atoms with Crippen molar-refractivity contribution >= 4 is 51.4 Å². The number of halogens is 2. The molecule has 27 heavy (non-hydrogen) atoms. The maximum Gasteiger partial charge on any atom is 0.256 e. The van der Waals surface area contributed by atoms with E-state index in [4.69, 9.17) is 23.8 Å². The monoisotopic (exact) mass is 399 g/mol. The van der Waals surface area contributed by atoms with E-state index < -0.39 is 5.82 Å².